The number of pyridine rings is 1. The summed E-state index contributed by atoms with van der Waals surface area (Å²) in [7, 11) is 0. The Bertz CT molecular complexity index is 3150. The van der Waals surface area contributed by atoms with E-state index in [-0.39, 0.29) is 0 Å². The number of fused-ring (bicyclic) bond motifs is 12. The van der Waals surface area contributed by atoms with E-state index in [0.29, 0.717) is 17.5 Å². The number of rotatable bonds is 4. The van der Waals surface area contributed by atoms with Crippen molar-refractivity contribution in [2.75, 3.05) is 0 Å². The third-order valence-electron chi connectivity index (χ3n) is 11.8. The zero-order valence-electron chi connectivity index (χ0n) is 31.2. The Morgan fingerprint density at radius 1 is 0.328 bits per heavy atom. The first-order valence-corrected chi connectivity index (χ1v) is 19.6. The van der Waals surface area contributed by atoms with Crippen LogP contribution in [0.1, 0.15) is 22.3 Å². The molecule has 0 fully saturated rings. The summed E-state index contributed by atoms with van der Waals surface area (Å²) in [6.07, 6.45) is 0. The van der Waals surface area contributed by atoms with Gasteiger partial charge in [-0.05, 0) is 64.0 Å². The number of benzene rings is 8. The van der Waals surface area contributed by atoms with Crippen LogP contribution in [0, 0.1) is 0 Å². The van der Waals surface area contributed by atoms with Gasteiger partial charge < -0.3 is 4.74 Å². The molecule has 3 heterocycles. The van der Waals surface area contributed by atoms with Crippen molar-refractivity contribution >= 4 is 21.7 Å². The summed E-state index contributed by atoms with van der Waals surface area (Å²) in [4.78, 5) is 20.5. The SMILES string of the molecule is c1ccc(-c2nc(-c3ccccc3)nc(-c3ccc4nc(-c5ccccc5)c5cc6c(cc5c4c3)C3(c4ccccc4O6)c4ccccc4-c4ccccc43)n2)cc1. The van der Waals surface area contributed by atoms with Crippen LogP contribution in [0.4, 0.5) is 0 Å². The minimum Gasteiger partial charge on any atom is -0.457 e. The fourth-order valence-electron chi connectivity index (χ4n) is 9.24. The van der Waals surface area contributed by atoms with Crippen LogP contribution < -0.4 is 4.74 Å². The molecule has 1 aliphatic carbocycles. The van der Waals surface area contributed by atoms with Crippen LogP contribution in [0.2, 0.25) is 0 Å². The molecule has 0 saturated heterocycles. The van der Waals surface area contributed by atoms with Gasteiger partial charge in [0, 0.05) is 44.2 Å². The molecule has 2 aromatic heterocycles. The zero-order chi connectivity index (χ0) is 38.2. The second-order valence-electron chi connectivity index (χ2n) is 14.9. The molecule has 5 heteroatoms. The van der Waals surface area contributed by atoms with Crippen molar-refractivity contribution in [3.8, 4) is 68.0 Å². The molecular weight excluding hydrogens is 709 g/mol. The van der Waals surface area contributed by atoms with Gasteiger partial charge in [-0.25, -0.2) is 19.9 Å². The molecule has 58 heavy (non-hydrogen) atoms. The summed E-state index contributed by atoms with van der Waals surface area (Å²) in [5.74, 6) is 3.52. The molecule has 12 rings (SSSR count). The maximum Gasteiger partial charge on any atom is 0.164 e. The first kappa shape index (κ1) is 32.5. The summed E-state index contributed by atoms with van der Waals surface area (Å²) in [5, 5.41) is 3.09. The third kappa shape index (κ3) is 4.77. The fourth-order valence-corrected chi connectivity index (χ4v) is 9.24. The number of nitrogens with zero attached hydrogens (tertiary/aromatic N) is 4. The molecule has 0 N–H and O–H groups in total. The third-order valence-corrected chi connectivity index (χ3v) is 11.8. The number of aromatic nitrogens is 4. The van der Waals surface area contributed by atoms with Crippen LogP contribution in [0.5, 0.6) is 11.5 Å². The van der Waals surface area contributed by atoms with Crippen molar-refractivity contribution < 1.29 is 4.74 Å². The van der Waals surface area contributed by atoms with E-state index >= 15 is 0 Å². The minimum atomic E-state index is -0.602. The fraction of sp³-hybridized carbons (Fsp3) is 0.0189. The first-order chi connectivity index (χ1) is 28.7. The molecule has 2 aliphatic rings. The van der Waals surface area contributed by atoms with Crippen LogP contribution >= 0.6 is 0 Å². The van der Waals surface area contributed by atoms with Crippen LogP contribution in [0.15, 0.2) is 194 Å². The van der Waals surface area contributed by atoms with Crippen molar-refractivity contribution in [1.82, 2.24) is 19.9 Å². The van der Waals surface area contributed by atoms with Crippen LogP contribution in [0.3, 0.4) is 0 Å². The average Bonchev–Trinajstić information content (AvgIpc) is 3.59. The van der Waals surface area contributed by atoms with E-state index < -0.39 is 5.41 Å². The topological polar surface area (TPSA) is 60.8 Å². The Labute approximate surface area is 335 Å². The highest BCUT2D eigenvalue weighted by Gasteiger charge is 2.51. The van der Waals surface area contributed by atoms with E-state index in [2.05, 4.69) is 127 Å². The summed E-state index contributed by atoms with van der Waals surface area (Å²) >= 11 is 0. The normalized spacial score (nSPS) is 13.1. The first-order valence-electron chi connectivity index (χ1n) is 19.6. The van der Waals surface area contributed by atoms with E-state index in [1.807, 2.05) is 66.7 Å². The molecule has 270 valence electrons. The van der Waals surface area contributed by atoms with E-state index in [0.717, 1.165) is 72.2 Å². The Kier molecular flexibility index (Phi) is 7.07. The second kappa shape index (κ2) is 12.6. The lowest BCUT2D eigenvalue weighted by atomic mass is 9.65. The van der Waals surface area contributed by atoms with Crippen LogP contribution in [-0.4, -0.2) is 19.9 Å². The Morgan fingerprint density at radius 2 is 0.845 bits per heavy atom. The van der Waals surface area contributed by atoms with Crippen molar-refractivity contribution in [3.05, 3.63) is 216 Å². The van der Waals surface area contributed by atoms with Gasteiger partial charge in [0.2, 0.25) is 0 Å². The van der Waals surface area contributed by atoms with Crippen molar-refractivity contribution in [2.24, 2.45) is 0 Å². The van der Waals surface area contributed by atoms with E-state index in [4.69, 9.17) is 24.7 Å². The Hall–Kier alpha value is -7.76. The summed E-state index contributed by atoms with van der Waals surface area (Å²) in [6.45, 7) is 0. The number of hydrogen-bond acceptors (Lipinski definition) is 5. The number of para-hydroxylation sites is 1. The average molecular weight is 741 g/mol. The van der Waals surface area contributed by atoms with Gasteiger partial charge in [-0.15, -0.1) is 0 Å². The van der Waals surface area contributed by atoms with Gasteiger partial charge in [0.25, 0.3) is 0 Å². The second-order valence-corrected chi connectivity index (χ2v) is 14.9. The molecule has 1 aliphatic heterocycles. The smallest absolute Gasteiger partial charge is 0.164 e. The molecule has 0 saturated carbocycles. The molecule has 0 atom stereocenters. The van der Waals surface area contributed by atoms with E-state index in [1.54, 1.807) is 0 Å². The van der Waals surface area contributed by atoms with Crippen LogP contribution in [0.25, 0.3) is 78.2 Å². The maximum atomic E-state index is 6.95. The van der Waals surface area contributed by atoms with Gasteiger partial charge >= 0.3 is 0 Å². The predicted octanol–water partition coefficient (Wildman–Crippen LogP) is 12.7. The molecule has 0 unspecified atom stereocenters. The molecular formula is C53H32N4O. The van der Waals surface area contributed by atoms with E-state index in [1.165, 1.54) is 22.3 Å². The van der Waals surface area contributed by atoms with Gasteiger partial charge in [0.15, 0.2) is 17.5 Å². The summed E-state index contributed by atoms with van der Waals surface area (Å²) in [6, 6.07) is 67.8. The van der Waals surface area contributed by atoms with Gasteiger partial charge in [0.05, 0.1) is 16.6 Å². The van der Waals surface area contributed by atoms with Gasteiger partial charge in [-0.3, -0.25) is 0 Å². The molecule has 0 bridgehead atoms. The monoisotopic (exact) mass is 740 g/mol. The summed E-state index contributed by atoms with van der Waals surface area (Å²) < 4.78 is 6.95. The van der Waals surface area contributed by atoms with Crippen LogP contribution in [-0.2, 0) is 5.41 Å². The highest BCUT2D eigenvalue weighted by Crippen LogP contribution is 2.62. The van der Waals surface area contributed by atoms with Gasteiger partial charge in [0.1, 0.15) is 11.5 Å². The Balaban J connectivity index is 1.17. The van der Waals surface area contributed by atoms with Crippen molar-refractivity contribution in [3.63, 3.8) is 0 Å². The quantitative estimate of drug-likeness (QED) is 0.168. The molecule has 1 spiro atoms. The summed E-state index contributed by atoms with van der Waals surface area (Å²) in [5.41, 5.74) is 12.2. The lowest BCUT2D eigenvalue weighted by molar-refractivity contribution is 0.437. The molecule has 10 aromatic rings. The maximum absolute atomic E-state index is 6.95. The standard InChI is InChI=1S/C53H32N4O/c1-4-16-33(17-5-1)49-41-32-48-45(53(44-26-14-15-27-47(44)58-48)42-24-12-10-22-37(42)38-23-11-13-25-43(38)53)31-39(41)40-30-36(28-29-46(40)54-49)52-56-50(34-18-6-2-7-19-34)55-51(57-52)35-20-8-3-9-21-35/h1-32H. The van der Waals surface area contributed by atoms with E-state index in [9.17, 15) is 0 Å². The predicted molar refractivity (Wildman–Crippen MR) is 232 cm³/mol. The molecule has 0 amide bonds. The van der Waals surface area contributed by atoms with Crippen molar-refractivity contribution in [2.45, 2.75) is 5.41 Å². The number of ether oxygens (including phenoxy) is 1. The molecule has 0 radical (unpaired) electrons. The minimum absolute atomic E-state index is 0.597. The zero-order valence-corrected chi connectivity index (χ0v) is 31.2. The Morgan fingerprint density at radius 3 is 1.47 bits per heavy atom. The van der Waals surface area contributed by atoms with Gasteiger partial charge in [-0.1, -0.05) is 158 Å². The number of hydrogen-bond donors (Lipinski definition) is 0. The molecule has 5 nitrogen and oxygen atoms in total. The highest BCUT2D eigenvalue weighted by atomic mass is 16.5. The lowest BCUT2D eigenvalue weighted by Crippen LogP contribution is -2.32. The largest absolute Gasteiger partial charge is 0.457 e. The lowest BCUT2D eigenvalue weighted by Gasteiger charge is -2.39. The van der Waals surface area contributed by atoms with Crippen molar-refractivity contribution in [1.29, 1.82) is 0 Å². The van der Waals surface area contributed by atoms with Gasteiger partial charge in [-0.2, -0.15) is 0 Å². The molecule has 8 aromatic carbocycles. The highest BCUT2D eigenvalue weighted by molar-refractivity contribution is 6.13.